The second-order valence-electron chi connectivity index (χ2n) is 4.51. The highest BCUT2D eigenvalue weighted by Crippen LogP contribution is 2.26. The van der Waals surface area contributed by atoms with Gasteiger partial charge in [0.05, 0.1) is 11.9 Å². The maximum absolute atomic E-state index is 10.7. The SMILES string of the molecule is O=Nc1cnccc1NCc1ccc2cncc(Br)c2c1. The number of fused-ring (bicyclic) bond motifs is 1. The molecule has 0 saturated carbocycles. The number of pyridine rings is 2. The largest absolute Gasteiger partial charge is 0.379 e. The molecule has 0 aliphatic rings. The maximum atomic E-state index is 10.7. The molecule has 6 heteroatoms. The summed E-state index contributed by atoms with van der Waals surface area (Å²) in [4.78, 5) is 18.7. The molecule has 1 N–H and O–H groups in total. The van der Waals surface area contributed by atoms with Gasteiger partial charge in [-0.05, 0) is 44.2 Å². The van der Waals surface area contributed by atoms with E-state index in [4.69, 9.17) is 0 Å². The number of rotatable bonds is 4. The predicted molar refractivity (Wildman–Crippen MR) is 86.5 cm³/mol. The molecule has 0 unspecified atom stereocenters. The Balaban J connectivity index is 1.85. The lowest BCUT2D eigenvalue weighted by molar-refractivity contribution is 1.14. The summed E-state index contributed by atoms with van der Waals surface area (Å²) in [5, 5.41) is 8.34. The number of benzene rings is 1. The molecule has 0 radical (unpaired) electrons. The van der Waals surface area contributed by atoms with Gasteiger partial charge in [-0.2, -0.15) is 0 Å². The monoisotopic (exact) mass is 342 g/mol. The van der Waals surface area contributed by atoms with Gasteiger partial charge in [-0.1, -0.05) is 12.1 Å². The molecular formula is C15H11BrN4O. The highest BCUT2D eigenvalue weighted by molar-refractivity contribution is 9.10. The number of nitroso groups, excluding NO2 is 1. The maximum Gasteiger partial charge on any atom is 0.149 e. The second-order valence-corrected chi connectivity index (χ2v) is 5.37. The highest BCUT2D eigenvalue weighted by Gasteiger charge is 2.04. The average molecular weight is 343 g/mol. The van der Waals surface area contributed by atoms with Gasteiger partial charge in [0.15, 0.2) is 0 Å². The predicted octanol–water partition coefficient (Wildman–Crippen LogP) is 4.40. The van der Waals surface area contributed by atoms with Crippen LogP contribution in [-0.2, 0) is 6.54 Å². The fourth-order valence-corrected chi connectivity index (χ4v) is 2.55. The fourth-order valence-electron chi connectivity index (χ4n) is 2.09. The first-order chi connectivity index (χ1) is 10.3. The van der Waals surface area contributed by atoms with Crippen LogP contribution in [0.4, 0.5) is 11.4 Å². The smallest absolute Gasteiger partial charge is 0.149 e. The lowest BCUT2D eigenvalue weighted by Crippen LogP contribution is -1.99. The molecule has 2 aromatic heterocycles. The third-order valence-electron chi connectivity index (χ3n) is 3.16. The number of anilines is 1. The van der Waals surface area contributed by atoms with Crippen LogP contribution in [0, 0.1) is 4.91 Å². The lowest BCUT2D eigenvalue weighted by atomic mass is 10.1. The minimum Gasteiger partial charge on any atom is -0.379 e. The fraction of sp³-hybridized carbons (Fsp3) is 0.0667. The molecule has 0 amide bonds. The standard InChI is InChI=1S/C15H11BrN4O/c16-13-8-18-7-11-2-1-10(5-12(11)13)6-19-14-3-4-17-9-15(14)20-21/h1-5,7-9H,6H2,(H,17,19). The van der Waals surface area contributed by atoms with Gasteiger partial charge in [0, 0.05) is 35.0 Å². The van der Waals surface area contributed by atoms with E-state index in [1.807, 2.05) is 18.3 Å². The van der Waals surface area contributed by atoms with Crippen LogP contribution in [0.25, 0.3) is 10.8 Å². The normalized spacial score (nSPS) is 10.5. The molecule has 104 valence electrons. The number of halogens is 1. The van der Waals surface area contributed by atoms with Crippen molar-refractivity contribution in [3.8, 4) is 0 Å². The van der Waals surface area contributed by atoms with Crippen molar-refractivity contribution in [2.75, 3.05) is 5.32 Å². The summed E-state index contributed by atoms with van der Waals surface area (Å²) in [6, 6.07) is 7.87. The van der Waals surface area contributed by atoms with E-state index in [2.05, 4.69) is 42.5 Å². The van der Waals surface area contributed by atoms with Crippen LogP contribution in [0.3, 0.4) is 0 Å². The minimum absolute atomic E-state index is 0.309. The van der Waals surface area contributed by atoms with Crippen molar-refractivity contribution in [1.82, 2.24) is 9.97 Å². The summed E-state index contributed by atoms with van der Waals surface area (Å²) in [5.74, 6) is 0. The van der Waals surface area contributed by atoms with Gasteiger partial charge in [0.1, 0.15) is 5.69 Å². The van der Waals surface area contributed by atoms with Crippen molar-refractivity contribution in [2.45, 2.75) is 6.54 Å². The number of hydrogen-bond donors (Lipinski definition) is 1. The molecule has 0 fully saturated rings. The molecule has 5 nitrogen and oxygen atoms in total. The van der Waals surface area contributed by atoms with Crippen LogP contribution in [0.1, 0.15) is 5.56 Å². The van der Waals surface area contributed by atoms with Crippen molar-refractivity contribution in [2.24, 2.45) is 5.18 Å². The molecule has 0 spiro atoms. The highest BCUT2D eigenvalue weighted by atomic mass is 79.9. The van der Waals surface area contributed by atoms with E-state index < -0.39 is 0 Å². The zero-order chi connectivity index (χ0) is 14.7. The van der Waals surface area contributed by atoms with Crippen LogP contribution in [0.2, 0.25) is 0 Å². The Bertz CT molecular complexity index is 807. The molecule has 0 aliphatic heterocycles. The Hall–Kier alpha value is -2.34. The minimum atomic E-state index is 0.309. The van der Waals surface area contributed by atoms with Crippen LogP contribution in [0.15, 0.2) is 58.7 Å². The first kappa shape index (κ1) is 13.6. The second kappa shape index (κ2) is 5.97. The summed E-state index contributed by atoms with van der Waals surface area (Å²) in [6.45, 7) is 0.594. The number of hydrogen-bond acceptors (Lipinski definition) is 5. The van der Waals surface area contributed by atoms with Crippen LogP contribution >= 0.6 is 15.9 Å². The van der Waals surface area contributed by atoms with Crippen molar-refractivity contribution in [3.05, 3.63) is 64.0 Å². The van der Waals surface area contributed by atoms with Gasteiger partial charge >= 0.3 is 0 Å². The molecule has 0 bridgehead atoms. The van der Waals surface area contributed by atoms with Gasteiger partial charge in [-0.3, -0.25) is 9.97 Å². The zero-order valence-electron chi connectivity index (χ0n) is 11.0. The summed E-state index contributed by atoms with van der Waals surface area (Å²) < 4.78 is 0.959. The summed E-state index contributed by atoms with van der Waals surface area (Å²) >= 11 is 3.50. The van der Waals surface area contributed by atoms with Gasteiger partial charge in [0.2, 0.25) is 0 Å². The Kier molecular flexibility index (Phi) is 3.87. The van der Waals surface area contributed by atoms with Gasteiger partial charge in [-0.15, -0.1) is 4.91 Å². The number of nitrogens with one attached hydrogen (secondary N) is 1. The molecule has 21 heavy (non-hydrogen) atoms. The molecule has 0 atom stereocenters. The van der Waals surface area contributed by atoms with Gasteiger partial charge in [-0.25, -0.2) is 0 Å². The Morgan fingerprint density at radius 1 is 1.14 bits per heavy atom. The van der Waals surface area contributed by atoms with E-state index in [0.717, 1.165) is 20.8 Å². The van der Waals surface area contributed by atoms with E-state index >= 15 is 0 Å². The molecule has 0 saturated heterocycles. The first-order valence-electron chi connectivity index (χ1n) is 6.31. The van der Waals surface area contributed by atoms with Crippen molar-refractivity contribution in [1.29, 1.82) is 0 Å². The number of aromatic nitrogens is 2. The van der Waals surface area contributed by atoms with Crippen molar-refractivity contribution in [3.63, 3.8) is 0 Å². The van der Waals surface area contributed by atoms with Crippen LogP contribution in [-0.4, -0.2) is 9.97 Å². The van der Waals surface area contributed by atoms with Gasteiger partial charge < -0.3 is 5.32 Å². The van der Waals surface area contributed by atoms with E-state index in [-0.39, 0.29) is 0 Å². The van der Waals surface area contributed by atoms with Crippen molar-refractivity contribution >= 4 is 38.1 Å². The first-order valence-corrected chi connectivity index (χ1v) is 7.10. The molecule has 2 heterocycles. The molecule has 3 rings (SSSR count). The lowest BCUT2D eigenvalue weighted by Gasteiger charge is -2.09. The third kappa shape index (κ3) is 2.90. The summed E-state index contributed by atoms with van der Waals surface area (Å²) in [5.41, 5.74) is 2.08. The molecule has 1 aromatic carbocycles. The Morgan fingerprint density at radius 2 is 2.05 bits per heavy atom. The van der Waals surface area contributed by atoms with E-state index in [9.17, 15) is 4.91 Å². The van der Waals surface area contributed by atoms with E-state index in [1.165, 1.54) is 6.20 Å². The quantitative estimate of drug-likeness (QED) is 0.713. The molecular weight excluding hydrogens is 332 g/mol. The number of nitrogens with zero attached hydrogens (tertiary/aromatic N) is 3. The zero-order valence-corrected chi connectivity index (χ0v) is 12.5. The topological polar surface area (TPSA) is 67.2 Å². The van der Waals surface area contributed by atoms with Gasteiger partial charge in [0.25, 0.3) is 0 Å². The Morgan fingerprint density at radius 3 is 2.90 bits per heavy atom. The third-order valence-corrected chi connectivity index (χ3v) is 3.79. The average Bonchev–Trinajstić information content (AvgIpc) is 2.54. The van der Waals surface area contributed by atoms with E-state index in [0.29, 0.717) is 17.9 Å². The van der Waals surface area contributed by atoms with E-state index in [1.54, 1.807) is 18.5 Å². The van der Waals surface area contributed by atoms with Crippen LogP contribution in [0.5, 0.6) is 0 Å². The summed E-state index contributed by atoms with van der Waals surface area (Å²) in [7, 11) is 0. The molecule has 3 aromatic rings. The van der Waals surface area contributed by atoms with Crippen molar-refractivity contribution < 1.29 is 0 Å². The van der Waals surface area contributed by atoms with Crippen LogP contribution < -0.4 is 5.32 Å². The molecule has 0 aliphatic carbocycles. The summed E-state index contributed by atoms with van der Waals surface area (Å²) in [6.07, 6.45) is 6.67. The Labute approximate surface area is 129 Å².